The average Bonchev–Trinajstić information content (AvgIpc) is 2.45. The van der Waals surface area contributed by atoms with Crippen molar-refractivity contribution in [1.29, 1.82) is 0 Å². The van der Waals surface area contributed by atoms with E-state index in [9.17, 15) is 4.79 Å². The van der Waals surface area contributed by atoms with Crippen LogP contribution in [0.1, 0.15) is 28.4 Å². The van der Waals surface area contributed by atoms with Gasteiger partial charge in [0.1, 0.15) is 18.6 Å². The highest BCUT2D eigenvalue weighted by molar-refractivity contribution is 5.74. The highest BCUT2D eigenvalue weighted by Crippen LogP contribution is 2.15. The zero-order chi connectivity index (χ0) is 12.8. The summed E-state index contributed by atoms with van der Waals surface area (Å²) in [7, 11) is 0. The molecule has 0 saturated heterocycles. The van der Waals surface area contributed by atoms with Crippen LogP contribution < -0.4 is 4.74 Å². The van der Waals surface area contributed by atoms with Crippen LogP contribution in [0.15, 0.2) is 48.5 Å². The number of rotatable bonds is 5. The van der Waals surface area contributed by atoms with Crippen molar-refractivity contribution in [3.63, 3.8) is 0 Å². The molecule has 0 aliphatic heterocycles. The molecule has 0 N–H and O–H groups in total. The molecule has 0 radical (unpaired) electrons. The van der Waals surface area contributed by atoms with Gasteiger partial charge < -0.3 is 4.74 Å². The van der Waals surface area contributed by atoms with E-state index >= 15 is 0 Å². The lowest BCUT2D eigenvalue weighted by Gasteiger charge is -2.07. The molecular weight excluding hydrogens is 224 g/mol. The summed E-state index contributed by atoms with van der Waals surface area (Å²) >= 11 is 0. The summed E-state index contributed by atoms with van der Waals surface area (Å²) in [5.74, 6) is 0.867. The molecule has 2 aromatic rings. The number of ether oxygens (including phenoxy) is 1. The fourth-order valence-electron chi connectivity index (χ4n) is 1.78. The Labute approximate surface area is 107 Å². The SMILES string of the molecule is CCc1cccc(OCc2cccc(C=O)c2)c1. The van der Waals surface area contributed by atoms with Crippen LogP contribution in [-0.4, -0.2) is 6.29 Å². The van der Waals surface area contributed by atoms with E-state index < -0.39 is 0 Å². The molecule has 0 fully saturated rings. The summed E-state index contributed by atoms with van der Waals surface area (Å²) in [6, 6.07) is 15.5. The van der Waals surface area contributed by atoms with Gasteiger partial charge in [-0.25, -0.2) is 0 Å². The van der Waals surface area contributed by atoms with Gasteiger partial charge >= 0.3 is 0 Å². The molecular formula is C16H16O2. The lowest BCUT2D eigenvalue weighted by atomic mass is 10.1. The molecule has 0 saturated carbocycles. The summed E-state index contributed by atoms with van der Waals surface area (Å²) < 4.78 is 5.72. The van der Waals surface area contributed by atoms with E-state index in [1.165, 1.54) is 5.56 Å². The standard InChI is InChI=1S/C16H16O2/c1-2-13-5-4-8-16(10-13)18-12-15-7-3-6-14(9-15)11-17/h3-11H,2,12H2,1H3. The molecule has 92 valence electrons. The van der Waals surface area contributed by atoms with Gasteiger partial charge in [0, 0.05) is 5.56 Å². The summed E-state index contributed by atoms with van der Waals surface area (Å²) in [5.41, 5.74) is 2.94. The van der Waals surface area contributed by atoms with Crippen molar-refractivity contribution in [3.8, 4) is 5.75 Å². The fraction of sp³-hybridized carbons (Fsp3) is 0.188. The highest BCUT2D eigenvalue weighted by Gasteiger charge is 1.98. The quantitative estimate of drug-likeness (QED) is 0.746. The number of aryl methyl sites for hydroxylation is 1. The van der Waals surface area contributed by atoms with E-state index in [1.54, 1.807) is 6.07 Å². The molecule has 0 unspecified atom stereocenters. The average molecular weight is 240 g/mol. The number of carbonyl (C=O) groups is 1. The summed E-state index contributed by atoms with van der Waals surface area (Å²) in [5, 5.41) is 0. The van der Waals surface area contributed by atoms with Gasteiger partial charge in [0.2, 0.25) is 0 Å². The molecule has 0 aliphatic rings. The topological polar surface area (TPSA) is 26.3 Å². The Kier molecular flexibility index (Phi) is 4.13. The Bertz CT molecular complexity index is 532. The number of carbonyl (C=O) groups excluding carboxylic acids is 1. The maximum absolute atomic E-state index is 10.7. The lowest BCUT2D eigenvalue weighted by Crippen LogP contribution is -1.96. The predicted molar refractivity (Wildman–Crippen MR) is 72.0 cm³/mol. The number of hydrogen-bond acceptors (Lipinski definition) is 2. The maximum Gasteiger partial charge on any atom is 0.150 e. The van der Waals surface area contributed by atoms with Crippen molar-refractivity contribution in [2.24, 2.45) is 0 Å². The molecule has 18 heavy (non-hydrogen) atoms. The molecule has 0 atom stereocenters. The van der Waals surface area contributed by atoms with Crippen LogP contribution in [0.4, 0.5) is 0 Å². The fourth-order valence-corrected chi connectivity index (χ4v) is 1.78. The minimum Gasteiger partial charge on any atom is -0.489 e. The first-order chi connectivity index (χ1) is 8.81. The van der Waals surface area contributed by atoms with Crippen LogP contribution in [0.3, 0.4) is 0 Å². The van der Waals surface area contributed by atoms with Crippen LogP contribution in [-0.2, 0) is 13.0 Å². The van der Waals surface area contributed by atoms with Gasteiger partial charge in [0.05, 0.1) is 0 Å². The van der Waals surface area contributed by atoms with E-state index in [2.05, 4.69) is 13.0 Å². The zero-order valence-electron chi connectivity index (χ0n) is 10.4. The maximum atomic E-state index is 10.7. The molecule has 2 aromatic carbocycles. The van der Waals surface area contributed by atoms with E-state index in [0.29, 0.717) is 12.2 Å². The van der Waals surface area contributed by atoms with E-state index in [0.717, 1.165) is 24.0 Å². The van der Waals surface area contributed by atoms with Crippen LogP contribution >= 0.6 is 0 Å². The Morgan fingerprint density at radius 3 is 2.61 bits per heavy atom. The van der Waals surface area contributed by atoms with Gasteiger partial charge in [0.25, 0.3) is 0 Å². The largest absolute Gasteiger partial charge is 0.489 e. The number of aldehydes is 1. The van der Waals surface area contributed by atoms with Gasteiger partial charge in [-0.2, -0.15) is 0 Å². The molecule has 2 nitrogen and oxygen atoms in total. The third kappa shape index (κ3) is 3.20. The summed E-state index contributed by atoms with van der Waals surface area (Å²) in [6.45, 7) is 2.60. The van der Waals surface area contributed by atoms with Crippen LogP contribution in [0.2, 0.25) is 0 Å². The van der Waals surface area contributed by atoms with Gasteiger partial charge in [-0.15, -0.1) is 0 Å². The second kappa shape index (κ2) is 6.01. The third-order valence-corrected chi connectivity index (χ3v) is 2.80. The molecule has 0 aliphatic carbocycles. The van der Waals surface area contributed by atoms with Crippen molar-refractivity contribution in [2.45, 2.75) is 20.0 Å². The molecule has 2 heteroatoms. The number of benzene rings is 2. The van der Waals surface area contributed by atoms with Gasteiger partial charge in [-0.1, -0.05) is 37.3 Å². The Morgan fingerprint density at radius 1 is 1.06 bits per heavy atom. The highest BCUT2D eigenvalue weighted by atomic mass is 16.5. The molecule has 2 rings (SSSR count). The first kappa shape index (κ1) is 12.4. The molecule has 0 spiro atoms. The third-order valence-electron chi connectivity index (χ3n) is 2.80. The lowest BCUT2D eigenvalue weighted by molar-refractivity contribution is 0.112. The van der Waals surface area contributed by atoms with Crippen molar-refractivity contribution in [3.05, 3.63) is 65.2 Å². The van der Waals surface area contributed by atoms with Crippen molar-refractivity contribution in [1.82, 2.24) is 0 Å². The van der Waals surface area contributed by atoms with Crippen molar-refractivity contribution in [2.75, 3.05) is 0 Å². The first-order valence-corrected chi connectivity index (χ1v) is 6.07. The molecule has 0 bridgehead atoms. The Balaban J connectivity index is 2.03. The van der Waals surface area contributed by atoms with Gasteiger partial charge in [-0.05, 0) is 35.7 Å². The Hall–Kier alpha value is -2.09. The molecule has 0 amide bonds. The van der Waals surface area contributed by atoms with Gasteiger partial charge in [0.15, 0.2) is 0 Å². The summed E-state index contributed by atoms with van der Waals surface area (Å²) in [6.07, 6.45) is 1.85. The zero-order valence-corrected chi connectivity index (χ0v) is 10.4. The van der Waals surface area contributed by atoms with Crippen LogP contribution in [0, 0.1) is 0 Å². The van der Waals surface area contributed by atoms with Gasteiger partial charge in [-0.3, -0.25) is 4.79 Å². The summed E-state index contributed by atoms with van der Waals surface area (Å²) in [4.78, 5) is 10.7. The molecule has 0 aromatic heterocycles. The van der Waals surface area contributed by atoms with E-state index in [4.69, 9.17) is 4.74 Å². The second-order valence-corrected chi connectivity index (χ2v) is 4.15. The minimum atomic E-state index is 0.481. The normalized spacial score (nSPS) is 10.1. The van der Waals surface area contributed by atoms with Crippen molar-refractivity contribution >= 4 is 6.29 Å². The minimum absolute atomic E-state index is 0.481. The predicted octanol–water partition coefficient (Wildman–Crippen LogP) is 3.64. The van der Waals surface area contributed by atoms with Crippen molar-refractivity contribution < 1.29 is 9.53 Å². The number of hydrogen-bond donors (Lipinski definition) is 0. The molecule has 0 heterocycles. The van der Waals surface area contributed by atoms with Crippen LogP contribution in [0.25, 0.3) is 0 Å². The first-order valence-electron chi connectivity index (χ1n) is 6.07. The smallest absolute Gasteiger partial charge is 0.150 e. The Morgan fingerprint density at radius 2 is 1.83 bits per heavy atom. The van der Waals surface area contributed by atoms with E-state index in [-0.39, 0.29) is 0 Å². The van der Waals surface area contributed by atoms with E-state index in [1.807, 2.05) is 36.4 Å². The van der Waals surface area contributed by atoms with Crippen LogP contribution in [0.5, 0.6) is 5.75 Å². The monoisotopic (exact) mass is 240 g/mol. The second-order valence-electron chi connectivity index (χ2n) is 4.15.